The molecule has 1 fully saturated rings. The second-order valence-electron chi connectivity index (χ2n) is 9.12. The zero-order valence-corrected chi connectivity index (χ0v) is 20.5. The Morgan fingerprint density at radius 2 is 2.03 bits per heavy atom. The fourth-order valence-electron chi connectivity index (χ4n) is 4.62. The van der Waals surface area contributed by atoms with Gasteiger partial charge in [0, 0.05) is 43.9 Å². The largest absolute Gasteiger partial charge is 0.444 e. The summed E-state index contributed by atoms with van der Waals surface area (Å²) in [5, 5.41) is 3.23. The molecule has 10 heteroatoms. The van der Waals surface area contributed by atoms with Crippen LogP contribution in [0.15, 0.2) is 36.5 Å². The number of aromatic nitrogens is 1. The number of rotatable bonds is 8. The minimum absolute atomic E-state index is 0.0287. The molecule has 186 valence electrons. The van der Waals surface area contributed by atoms with Crippen LogP contribution in [0.4, 0.5) is 16.3 Å². The van der Waals surface area contributed by atoms with E-state index >= 15 is 0 Å². The van der Waals surface area contributed by atoms with E-state index in [-0.39, 0.29) is 29.9 Å². The maximum atomic E-state index is 12.5. The Kier molecular flexibility index (Phi) is 7.75. The zero-order chi connectivity index (χ0) is 24.9. The Morgan fingerprint density at radius 1 is 1.29 bits per heavy atom. The van der Waals surface area contributed by atoms with E-state index in [1.807, 2.05) is 31.2 Å². The van der Waals surface area contributed by atoms with Gasteiger partial charge in [-0.3, -0.25) is 14.5 Å². The number of hydrogen-bond donors (Lipinski definition) is 2. The molecule has 3 N–H and O–H groups in total. The van der Waals surface area contributed by atoms with Crippen molar-refractivity contribution in [3.8, 4) is 0 Å². The molecule has 1 aromatic carbocycles. The minimum atomic E-state index is -0.347. The Labute approximate surface area is 209 Å². The van der Waals surface area contributed by atoms with E-state index in [2.05, 4.69) is 15.2 Å². The smallest absolute Gasteiger partial charge is 0.414 e. The Balaban J connectivity index is 1.34. The molecule has 0 spiro atoms. The third-order valence-electron chi connectivity index (χ3n) is 6.48. The van der Waals surface area contributed by atoms with Crippen molar-refractivity contribution in [2.75, 3.05) is 29.4 Å². The lowest BCUT2D eigenvalue weighted by molar-refractivity contribution is -0.118. The number of cyclic esters (lactones) is 1. The molecular weight excluding hydrogens is 470 g/mol. The fourth-order valence-corrected chi connectivity index (χ4v) is 4.91. The lowest BCUT2D eigenvalue weighted by Crippen LogP contribution is -2.49. The van der Waals surface area contributed by atoms with E-state index in [4.69, 9.17) is 22.1 Å². The normalized spacial score (nSPS) is 16.9. The number of ether oxygens (including phenoxy) is 1. The number of piperidine rings is 1. The Morgan fingerprint density at radius 3 is 2.74 bits per heavy atom. The number of carbonyl (C=O) groups is 3. The summed E-state index contributed by atoms with van der Waals surface area (Å²) in [6.07, 6.45) is 3.64. The van der Waals surface area contributed by atoms with Crippen LogP contribution < -0.4 is 20.9 Å². The number of carbonyl (C=O) groups excluding carboxylic acids is 3. The van der Waals surface area contributed by atoms with Gasteiger partial charge in [-0.1, -0.05) is 36.7 Å². The van der Waals surface area contributed by atoms with Crippen LogP contribution in [0.25, 0.3) is 0 Å². The first kappa shape index (κ1) is 24.8. The highest BCUT2D eigenvalue weighted by Gasteiger charge is 2.34. The molecule has 0 aliphatic carbocycles. The number of anilines is 2. The molecule has 9 nitrogen and oxygen atoms in total. The third-order valence-corrected chi connectivity index (χ3v) is 6.76. The van der Waals surface area contributed by atoms with Crippen LogP contribution in [0.3, 0.4) is 0 Å². The topological polar surface area (TPSA) is 118 Å². The summed E-state index contributed by atoms with van der Waals surface area (Å²) in [7, 11) is 0. The summed E-state index contributed by atoms with van der Waals surface area (Å²) in [6, 6.07) is 9.47. The summed E-state index contributed by atoms with van der Waals surface area (Å²) in [5.74, 6) is 0.108. The quantitative estimate of drug-likeness (QED) is 0.574. The Hall–Kier alpha value is -3.33. The third kappa shape index (κ3) is 5.85. The lowest BCUT2D eigenvalue weighted by atomic mass is 10.0. The first-order valence-electron chi connectivity index (χ1n) is 11.8. The average molecular weight is 500 g/mol. The van der Waals surface area contributed by atoms with Crippen LogP contribution in [-0.4, -0.2) is 48.6 Å². The van der Waals surface area contributed by atoms with Crippen molar-refractivity contribution in [1.82, 2.24) is 10.3 Å². The number of nitrogens with one attached hydrogen (secondary N) is 1. The van der Waals surface area contributed by atoms with Gasteiger partial charge in [0.15, 0.2) is 0 Å². The van der Waals surface area contributed by atoms with Gasteiger partial charge >= 0.3 is 6.09 Å². The fraction of sp³-hybridized carbons (Fsp3) is 0.440. The van der Waals surface area contributed by atoms with E-state index in [1.165, 1.54) is 6.20 Å². The predicted molar refractivity (Wildman–Crippen MR) is 134 cm³/mol. The molecule has 1 saturated heterocycles. The number of amides is 3. The van der Waals surface area contributed by atoms with Crippen molar-refractivity contribution in [1.29, 1.82) is 0 Å². The summed E-state index contributed by atoms with van der Waals surface area (Å²) < 4.78 is 5.38. The van der Waals surface area contributed by atoms with Gasteiger partial charge in [-0.2, -0.15) is 0 Å². The molecular formula is C25H30ClN5O4. The monoisotopic (exact) mass is 499 g/mol. The molecule has 2 aromatic rings. The van der Waals surface area contributed by atoms with Crippen molar-refractivity contribution in [3.63, 3.8) is 0 Å². The van der Waals surface area contributed by atoms with E-state index in [0.717, 1.165) is 24.1 Å². The van der Waals surface area contributed by atoms with Gasteiger partial charge in [0.2, 0.25) is 5.91 Å². The van der Waals surface area contributed by atoms with Gasteiger partial charge in [-0.25, -0.2) is 9.78 Å². The molecule has 1 unspecified atom stereocenters. The number of hydrogen-bond acceptors (Lipinski definition) is 6. The summed E-state index contributed by atoms with van der Waals surface area (Å²) >= 11 is 6.50. The molecule has 3 heterocycles. The summed E-state index contributed by atoms with van der Waals surface area (Å²) in [5.41, 5.74) is 7.51. The molecule has 3 amide bonds. The maximum Gasteiger partial charge on any atom is 0.414 e. The molecule has 0 saturated carbocycles. The average Bonchev–Trinajstić information content (AvgIpc) is 2.83. The number of para-hydroxylation sites is 1. The molecule has 1 atom stereocenters. The van der Waals surface area contributed by atoms with Crippen LogP contribution in [0.5, 0.6) is 0 Å². The highest BCUT2D eigenvalue weighted by atomic mass is 35.5. The molecule has 1 aromatic heterocycles. The maximum absolute atomic E-state index is 12.5. The molecule has 2 aliphatic heterocycles. The van der Waals surface area contributed by atoms with E-state index < -0.39 is 0 Å². The number of benzene rings is 1. The number of primary amides is 1. The van der Waals surface area contributed by atoms with Gasteiger partial charge in [-0.05, 0) is 37.3 Å². The first-order valence-corrected chi connectivity index (χ1v) is 12.2. The first-order chi connectivity index (χ1) is 16.8. The van der Waals surface area contributed by atoms with E-state index in [1.54, 1.807) is 11.0 Å². The SMILES string of the molecule is CC(CCNC(=O)c1cnc(N2CCC(N3C(=O)OCc4ccccc43)CC2)c(Cl)c1)CC(N)=O. The van der Waals surface area contributed by atoms with Crippen molar-refractivity contribution < 1.29 is 19.1 Å². The van der Waals surface area contributed by atoms with Crippen molar-refractivity contribution in [3.05, 3.63) is 52.7 Å². The molecule has 0 bridgehead atoms. The number of fused-ring (bicyclic) bond motifs is 1. The van der Waals surface area contributed by atoms with Gasteiger partial charge < -0.3 is 20.7 Å². The number of pyridine rings is 1. The van der Waals surface area contributed by atoms with Crippen LogP contribution in [-0.2, 0) is 16.1 Å². The lowest BCUT2D eigenvalue weighted by Gasteiger charge is -2.40. The van der Waals surface area contributed by atoms with Gasteiger partial charge in [0.1, 0.15) is 12.4 Å². The van der Waals surface area contributed by atoms with Crippen LogP contribution in [0.2, 0.25) is 5.02 Å². The molecule has 0 radical (unpaired) electrons. The van der Waals surface area contributed by atoms with Crippen molar-refractivity contribution in [2.45, 2.75) is 45.3 Å². The molecule has 4 rings (SSSR count). The Bertz CT molecular complexity index is 1100. The van der Waals surface area contributed by atoms with E-state index in [0.29, 0.717) is 55.5 Å². The van der Waals surface area contributed by atoms with Gasteiger partial charge in [-0.15, -0.1) is 0 Å². The van der Waals surface area contributed by atoms with Crippen LogP contribution in [0.1, 0.15) is 48.5 Å². The second-order valence-corrected chi connectivity index (χ2v) is 9.53. The highest BCUT2D eigenvalue weighted by Crippen LogP contribution is 2.33. The number of nitrogens with zero attached hydrogens (tertiary/aromatic N) is 3. The standard InChI is InChI=1S/C25H30ClN5O4/c1-16(12-22(27)32)6-9-28-24(33)18-13-20(26)23(29-14-18)30-10-7-19(8-11-30)31-21-5-3-2-4-17(21)15-35-25(31)34/h2-5,13-14,16,19H,6-12,15H2,1H3,(H2,27,32)(H,28,33). The predicted octanol–water partition coefficient (Wildman–Crippen LogP) is 3.49. The van der Waals surface area contributed by atoms with Crippen molar-refractivity contribution >= 4 is 41.0 Å². The molecule has 2 aliphatic rings. The van der Waals surface area contributed by atoms with E-state index in [9.17, 15) is 14.4 Å². The number of nitrogens with two attached hydrogens (primary N) is 1. The van der Waals surface area contributed by atoms with Crippen LogP contribution in [0, 0.1) is 5.92 Å². The number of halogens is 1. The minimum Gasteiger partial charge on any atom is -0.444 e. The highest BCUT2D eigenvalue weighted by molar-refractivity contribution is 6.33. The van der Waals surface area contributed by atoms with Gasteiger partial charge in [0.25, 0.3) is 5.91 Å². The van der Waals surface area contributed by atoms with Crippen molar-refractivity contribution in [2.24, 2.45) is 11.7 Å². The summed E-state index contributed by atoms with van der Waals surface area (Å²) in [4.78, 5) is 44.3. The second kappa shape index (κ2) is 10.9. The van der Waals surface area contributed by atoms with Gasteiger partial charge in [0.05, 0.1) is 16.3 Å². The zero-order valence-electron chi connectivity index (χ0n) is 19.7. The molecule has 35 heavy (non-hydrogen) atoms. The van der Waals surface area contributed by atoms with Crippen LogP contribution >= 0.6 is 11.6 Å². The summed E-state index contributed by atoms with van der Waals surface area (Å²) in [6.45, 7) is 4.00.